The van der Waals surface area contributed by atoms with Crippen molar-refractivity contribution >= 4 is 34.8 Å². The third-order valence-corrected chi connectivity index (χ3v) is 3.95. The predicted octanol–water partition coefficient (Wildman–Crippen LogP) is 3.38. The highest BCUT2D eigenvalue weighted by Gasteiger charge is 2.18. The second-order valence-corrected chi connectivity index (χ2v) is 5.66. The number of aliphatic hydroxyl groups excluding tert-OH is 1. The first kappa shape index (κ1) is 19.6. The lowest BCUT2D eigenvalue weighted by atomic mass is 10.0. The summed E-state index contributed by atoms with van der Waals surface area (Å²) >= 11 is 0. The minimum Gasteiger partial charge on any atom is -0.453 e. The third-order valence-electron chi connectivity index (χ3n) is 3.95. The first-order valence-electron chi connectivity index (χ1n) is 7.68. The highest BCUT2D eigenvalue weighted by atomic mass is 35.5. The lowest BCUT2D eigenvalue weighted by Crippen LogP contribution is -2.11. The number of non-ortho nitro benzene ring substituents is 1. The maximum absolute atomic E-state index is 12.5. The molecule has 1 heterocycles. The van der Waals surface area contributed by atoms with E-state index in [9.17, 15) is 14.9 Å². The number of carbonyl (C=O) groups excluding carboxylic acids is 1. The summed E-state index contributed by atoms with van der Waals surface area (Å²) in [5.74, 6) is -0.329. The van der Waals surface area contributed by atoms with Gasteiger partial charge in [-0.25, -0.2) is 0 Å². The summed E-state index contributed by atoms with van der Waals surface area (Å²) < 4.78 is 5.57. The van der Waals surface area contributed by atoms with Gasteiger partial charge in [0.2, 0.25) is 5.78 Å². The van der Waals surface area contributed by atoms with Crippen LogP contribution in [0.15, 0.2) is 52.9 Å². The van der Waals surface area contributed by atoms with Crippen molar-refractivity contribution in [3.05, 3.63) is 75.5 Å². The van der Waals surface area contributed by atoms with Crippen LogP contribution >= 0.6 is 12.4 Å². The highest BCUT2D eigenvalue weighted by molar-refractivity contribution is 6.09. The van der Waals surface area contributed by atoms with E-state index in [0.717, 1.165) is 5.56 Å². The molecule has 0 aliphatic heterocycles. The van der Waals surface area contributed by atoms with Crippen molar-refractivity contribution in [3.63, 3.8) is 0 Å². The zero-order valence-corrected chi connectivity index (χ0v) is 14.4. The van der Waals surface area contributed by atoms with Crippen LogP contribution in [0.2, 0.25) is 0 Å². The van der Waals surface area contributed by atoms with Gasteiger partial charge in [0.05, 0.1) is 4.92 Å². The van der Waals surface area contributed by atoms with Gasteiger partial charge < -0.3 is 15.3 Å². The Morgan fingerprint density at radius 1 is 1.23 bits per heavy atom. The maximum atomic E-state index is 12.5. The number of furan rings is 1. The number of hydrogen-bond donors (Lipinski definition) is 2. The molecule has 0 aliphatic rings. The summed E-state index contributed by atoms with van der Waals surface area (Å²) in [7, 11) is 0. The Morgan fingerprint density at radius 3 is 2.69 bits per heavy atom. The van der Waals surface area contributed by atoms with Gasteiger partial charge in [-0.3, -0.25) is 14.9 Å². The third kappa shape index (κ3) is 3.91. The Kier molecular flexibility index (Phi) is 6.10. The molecule has 26 heavy (non-hydrogen) atoms. The fourth-order valence-corrected chi connectivity index (χ4v) is 2.61. The molecule has 7 nitrogen and oxygen atoms in total. The van der Waals surface area contributed by atoms with Crippen molar-refractivity contribution in [1.29, 1.82) is 0 Å². The molecule has 3 rings (SSSR count). The fraction of sp³-hybridized carbons (Fsp3) is 0.167. The number of nitrogens with two attached hydrogens (primary N) is 1. The smallest absolute Gasteiger partial charge is 0.270 e. The van der Waals surface area contributed by atoms with E-state index in [1.165, 1.54) is 24.3 Å². The summed E-state index contributed by atoms with van der Waals surface area (Å²) in [5.41, 5.74) is 7.36. The van der Waals surface area contributed by atoms with E-state index in [1.807, 2.05) is 6.07 Å². The SMILES string of the molecule is Cl.NC(CCO)c1ccc2oc(C(=O)c3cccc([N+](=O)[O-])c3)cc2c1. The molecular weight excluding hydrogens is 360 g/mol. The van der Waals surface area contributed by atoms with E-state index < -0.39 is 10.7 Å². The average Bonchev–Trinajstić information content (AvgIpc) is 3.04. The predicted molar refractivity (Wildman–Crippen MR) is 98.6 cm³/mol. The van der Waals surface area contributed by atoms with Crippen LogP contribution in [-0.2, 0) is 0 Å². The van der Waals surface area contributed by atoms with Crippen molar-refractivity contribution in [2.45, 2.75) is 12.5 Å². The van der Waals surface area contributed by atoms with E-state index in [2.05, 4.69) is 0 Å². The number of nitrogens with zero attached hydrogens (tertiary/aromatic N) is 1. The number of benzene rings is 2. The topological polar surface area (TPSA) is 120 Å². The monoisotopic (exact) mass is 376 g/mol. The molecule has 0 radical (unpaired) electrons. The number of halogens is 1. The van der Waals surface area contributed by atoms with Crippen LogP contribution in [-0.4, -0.2) is 22.4 Å². The van der Waals surface area contributed by atoms with Gasteiger partial charge in [0, 0.05) is 35.7 Å². The molecule has 3 N–H and O–H groups in total. The maximum Gasteiger partial charge on any atom is 0.270 e. The molecule has 0 aliphatic carbocycles. The number of carbonyl (C=O) groups is 1. The molecule has 136 valence electrons. The van der Waals surface area contributed by atoms with Crippen LogP contribution in [0, 0.1) is 10.1 Å². The van der Waals surface area contributed by atoms with Crippen molar-refractivity contribution in [1.82, 2.24) is 0 Å². The summed E-state index contributed by atoms with van der Waals surface area (Å²) in [6.45, 7) is -0.0128. The molecule has 0 bridgehead atoms. The molecule has 0 saturated heterocycles. The minimum absolute atomic E-state index is 0. The molecule has 0 fully saturated rings. The Morgan fingerprint density at radius 2 is 2.00 bits per heavy atom. The number of hydrogen-bond acceptors (Lipinski definition) is 6. The largest absolute Gasteiger partial charge is 0.453 e. The van der Waals surface area contributed by atoms with Crippen molar-refractivity contribution < 1.29 is 19.2 Å². The van der Waals surface area contributed by atoms with Crippen molar-refractivity contribution in [2.24, 2.45) is 5.73 Å². The summed E-state index contributed by atoms with van der Waals surface area (Å²) in [4.78, 5) is 22.8. The first-order chi connectivity index (χ1) is 12.0. The Bertz CT molecular complexity index is 954. The van der Waals surface area contributed by atoms with Gasteiger partial charge in [0.1, 0.15) is 5.58 Å². The second-order valence-electron chi connectivity index (χ2n) is 5.66. The highest BCUT2D eigenvalue weighted by Crippen LogP contribution is 2.26. The number of ketones is 1. The van der Waals surface area contributed by atoms with E-state index >= 15 is 0 Å². The molecule has 0 amide bonds. The van der Waals surface area contributed by atoms with Gasteiger partial charge >= 0.3 is 0 Å². The Balaban J connectivity index is 0.00000243. The number of nitro benzene ring substituents is 1. The second kappa shape index (κ2) is 8.09. The molecule has 1 unspecified atom stereocenters. The lowest BCUT2D eigenvalue weighted by molar-refractivity contribution is -0.384. The van der Waals surface area contributed by atoms with Crippen LogP contribution in [0.25, 0.3) is 11.0 Å². The molecule has 1 aromatic heterocycles. The summed E-state index contributed by atoms with van der Waals surface area (Å²) in [5, 5.41) is 20.5. The van der Waals surface area contributed by atoms with Gasteiger partial charge in [-0.15, -0.1) is 12.4 Å². The number of fused-ring (bicyclic) bond motifs is 1. The van der Waals surface area contributed by atoms with E-state index in [-0.39, 0.29) is 42.1 Å². The zero-order valence-electron chi connectivity index (χ0n) is 13.6. The number of rotatable bonds is 6. The van der Waals surface area contributed by atoms with Gasteiger partial charge in [-0.2, -0.15) is 0 Å². The van der Waals surface area contributed by atoms with Crippen LogP contribution in [0.1, 0.15) is 34.1 Å². The van der Waals surface area contributed by atoms with Crippen LogP contribution in [0.4, 0.5) is 5.69 Å². The van der Waals surface area contributed by atoms with E-state index in [4.69, 9.17) is 15.3 Å². The number of nitro groups is 1. The molecule has 8 heteroatoms. The van der Waals surface area contributed by atoms with Crippen LogP contribution in [0.3, 0.4) is 0 Å². The van der Waals surface area contributed by atoms with E-state index in [1.54, 1.807) is 18.2 Å². The Labute approximate surface area is 155 Å². The average molecular weight is 377 g/mol. The van der Waals surface area contributed by atoms with Crippen molar-refractivity contribution in [2.75, 3.05) is 6.61 Å². The van der Waals surface area contributed by atoms with Gasteiger partial charge in [-0.1, -0.05) is 18.2 Å². The normalized spacial score (nSPS) is 11.8. The summed E-state index contributed by atoms with van der Waals surface area (Å²) in [6.07, 6.45) is 0.433. The molecule has 2 aromatic carbocycles. The van der Waals surface area contributed by atoms with Crippen molar-refractivity contribution in [3.8, 4) is 0 Å². The van der Waals surface area contributed by atoms with Crippen LogP contribution < -0.4 is 5.73 Å². The van der Waals surface area contributed by atoms with Gasteiger partial charge in [-0.05, 0) is 30.2 Å². The molecule has 0 spiro atoms. The zero-order chi connectivity index (χ0) is 18.0. The Hall–Kier alpha value is -2.74. The minimum atomic E-state index is -0.551. The fourth-order valence-electron chi connectivity index (χ4n) is 2.61. The van der Waals surface area contributed by atoms with E-state index in [0.29, 0.717) is 17.4 Å². The molecular formula is C18H17ClN2O5. The first-order valence-corrected chi connectivity index (χ1v) is 7.68. The molecule has 1 atom stereocenters. The molecule has 0 saturated carbocycles. The quantitative estimate of drug-likeness (QED) is 0.386. The van der Waals surface area contributed by atoms with Gasteiger partial charge in [0.15, 0.2) is 5.76 Å². The van der Waals surface area contributed by atoms with Gasteiger partial charge in [0.25, 0.3) is 5.69 Å². The standard InChI is InChI=1S/C18H16N2O5.ClH/c19-15(6-7-21)11-4-5-16-13(8-11)10-17(25-16)18(22)12-2-1-3-14(9-12)20(23)24;/h1-5,8-10,15,21H,6-7,19H2;1H. The summed E-state index contributed by atoms with van der Waals surface area (Å²) in [6, 6.07) is 12.1. The molecule has 3 aromatic rings. The number of aliphatic hydroxyl groups is 1. The van der Waals surface area contributed by atoms with Crippen LogP contribution in [0.5, 0.6) is 0 Å². The lowest BCUT2D eigenvalue weighted by Gasteiger charge is -2.09.